The maximum absolute atomic E-state index is 13.2. The summed E-state index contributed by atoms with van der Waals surface area (Å²) in [7, 11) is 0. The molecule has 0 fully saturated rings. The third kappa shape index (κ3) is 3.22. The number of ketones is 2. The second kappa shape index (κ2) is 7.84. The van der Waals surface area contributed by atoms with Crippen molar-refractivity contribution < 1.29 is 9.59 Å². The van der Waals surface area contributed by atoms with Crippen LogP contribution in [0.25, 0.3) is 16.8 Å². The molecule has 6 heteroatoms. The number of anilines is 3. The van der Waals surface area contributed by atoms with Gasteiger partial charge in [0, 0.05) is 0 Å². The predicted octanol–water partition coefficient (Wildman–Crippen LogP) is 5.52. The van der Waals surface area contributed by atoms with Gasteiger partial charge in [-0.3, -0.25) is 0 Å². The summed E-state index contributed by atoms with van der Waals surface area (Å²) in [6.45, 7) is 0. The van der Waals surface area contributed by atoms with Gasteiger partial charge in [-0.1, -0.05) is 0 Å². The van der Waals surface area contributed by atoms with Crippen molar-refractivity contribution in [2.75, 3.05) is 4.90 Å². The van der Waals surface area contributed by atoms with Gasteiger partial charge in [-0.25, -0.2) is 0 Å². The number of carbonyl (C=O) groups is 2. The molecule has 0 atom stereocenters. The Morgan fingerprint density at radius 3 is 1.94 bits per heavy atom. The van der Waals surface area contributed by atoms with Gasteiger partial charge in [0.1, 0.15) is 0 Å². The van der Waals surface area contributed by atoms with Crippen molar-refractivity contribution in [2.45, 2.75) is 6.42 Å². The van der Waals surface area contributed by atoms with E-state index in [4.69, 9.17) is 0 Å². The number of hydrogen-bond acceptors (Lipinski definition) is 5. The van der Waals surface area contributed by atoms with Crippen molar-refractivity contribution in [1.29, 1.82) is 0 Å². The number of nitrogens with zero attached hydrogens (tertiary/aromatic N) is 3. The second-order valence-electron chi connectivity index (χ2n) is 8.62. The molecule has 0 spiro atoms. The summed E-state index contributed by atoms with van der Waals surface area (Å²) < 4.78 is 2.18. The van der Waals surface area contributed by atoms with Crippen LogP contribution in [0.15, 0.2) is 90.8 Å². The zero-order chi connectivity index (χ0) is 23.5. The Morgan fingerprint density at radius 1 is 0.743 bits per heavy atom. The number of benzene rings is 2. The van der Waals surface area contributed by atoms with E-state index < -0.39 is 20.4 Å². The van der Waals surface area contributed by atoms with E-state index in [1.807, 2.05) is 73.1 Å². The van der Waals surface area contributed by atoms with Crippen molar-refractivity contribution in [1.82, 2.24) is 9.97 Å². The van der Waals surface area contributed by atoms with Gasteiger partial charge in [-0.2, -0.15) is 0 Å². The topological polar surface area (TPSA) is 63.2 Å². The number of Topliss-reactive ketones (excluding diaryl/α,β-unsaturated/α-hetero) is 2. The summed E-state index contributed by atoms with van der Waals surface area (Å²) in [5.41, 5.74) is 3.59. The van der Waals surface area contributed by atoms with Crippen LogP contribution in [-0.2, 0) is 6.42 Å². The van der Waals surface area contributed by atoms with E-state index in [1.165, 1.54) is 0 Å². The molecule has 0 saturated heterocycles. The van der Waals surface area contributed by atoms with Crippen molar-refractivity contribution in [2.24, 2.45) is 0 Å². The number of fused-ring (bicyclic) bond motifs is 4. The molecule has 5 nitrogen and oxygen atoms in total. The number of allylic oxidation sites excluding steroid dienone is 1. The first-order valence-electron chi connectivity index (χ1n) is 11.3. The molecule has 1 aliphatic heterocycles. The van der Waals surface area contributed by atoms with E-state index in [1.54, 1.807) is 0 Å². The van der Waals surface area contributed by atoms with Crippen molar-refractivity contribution in [3.05, 3.63) is 117 Å². The van der Waals surface area contributed by atoms with Crippen LogP contribution in [0.1, 0.15) is 35.4 Å². The molecule has 0 N–H and O–H groups in total. The standard InChI is InChI=1S/C29H17N3O2Te/c33-26-22-14-17-5-1-2-6-18(17)15-23(22)27(34)24(26)16-21-9-10-25(35-21)32-28-19(7-3-11-30-28)13-20-8-4-12-31-29(20)32/h1-12,14-16H,13H2. The first-order valence-corrected chi connectivity index (χ1v) is 13.6. The van der Waals surface area contributed by atoms with E-state index in [9.17, 15) is 9.59 Å². The maximum atomic E-state index is 13.2. The van der Waals surface area contributed by atoms with Crippen LogP contribution in [0, 0.1) is 0 Å². The van der Waals surface area contributed by atoms with Gasteiger partial charge in [-0.05, 0) is 0 Å². The number of carbonyl (C=O) groups excluding carboxylic acids is 2. The minimum atomic E-state index is -0.868. The number of hydrogen-bond donors (Lipinski definition) is 0. The second-order valence-corrected chi connectivity index (χ2v) is 11.7. The molecule has 35 heavy (non-hydrogen) atoms. The summed E-state index contributed by atoms with van der Waals surface area (Å²) in [4.78, 5) is 37.9. The molecular formula is C29H17N3O2Te. The Hall–Kier alpha value is -3.85. The zero-order valence-corrected chi connectivity index (χ0v) is 20.8. The Bertz CT molecular complexity index is 1630. The molecule has 5 aromatic rings. The van der Waals surface area contributed by atoms with Gasteiger partial charge in [0.05, 0.1) is 0 Å². The number of pyridine rings is 2. The molecule has 2 aliphatic rings. The molecule has 2 aromatic carbocycles. The monoisotopic (exact) mass is 569 g/mol. The molecule has 0 saturated carbocycles. The summed E-state index contributed by atoms with van der Waals surface area (Å²) in [6, 6.07) is 23.7. The van der Waals surface area contributed by atoms with Crippen LogP contribution < -0.4 is 4.90 Å². The van der Waals surface area contributed by atoms with Crippen LogP contribution in [0.5, 0.6) is 0 Å². The predicted molar refractivity (Wildman–Crippen MR) is 137 cm³/mol. The summed E-state index contributed by atoms with van der Waals surface area (Å²) in [5.74, 6) is 1.44. The van der Waals surface area contributed by atoms with Crippen molar-refractivity contribution in [3.8, 4) is 0 Å². The fraction of sp³-hybridized carbons (Fsp3) is 0.0345. The Balaban J connectivity index is 1.30. The van der Waals surface area contributed by atoms with E-state index in [0.717, 1.165) is 47.2 Å². The van der Waals surface area contributed by atoms with Crippen molar-refractivity contribution in [3.63, 3.8) is 0 Å². The van der Waals surface area contributed by atoms with Gasteiger partial charge in [0.25, 0.3) is 0 Å². The molecular weight excluding hydrogens is 550 g/mol. The molecule has 166 valence electrons. The fourth-order valence-electron chi connectivity index (χ4n) is 4.88. The normalized spacial score (nSPS) is 14.2. The van der Waals surface area contributed by atoms with Gasteiger partial charge in [-0.15, -0.1) is 0 Å². The molecule has 4 heterocycles. The van der Waals surface area contributed by atoms with E-state index >= 15 is 0 Å². The van der Waals surface area contributed by atoms with Crippen LogP contribution in [-0.4, -0.2) is 42.0 Å². The fourth-order valence-corrected chi connectivity index (χ4v) is 7.60. The number of rotatable bonds is 2. The summed E-state index contributed by atoms with van der Waals surface area (Å²) in [6.07, 6.45) is 6.23. The van der Waals surface area contributed by atoms with Gasteiger partial charge in [0.15, 0.2) is 0 Å². The molecule has 0 bridgehead atoms. The van der Waals surface area contributed by atoms with Crippen molar-refractivity contribution >= 4 is 64.2 Å². The minimum absolute atomic E-state index is 0.186. The zero-order valence-electron chi connectivity index (χ0n) is 18.4. The van der Waals surface area contributed by atoms with E-state index in [0.29, 0.717) is 11.1 Å². The third-order valence-electron chi connectivity index (χ3n) is 6.52. The SMILES string of the molecule is O=C1C(=Cc2ccc(N3c4ncccc4Cc4cccnc43)[te]2)C(=O)c2cc3ccccc3cc21. The van der Waals surface area contributed by atoms with Gasteiger partial charge >= 0.3 is 212 Å². The van der Waals surface area contributed by atoms with E-state index in [-0.39, 0.29) is 17.1 Å². The first-order chi connectivity index (χ1) is 17.2. The molecule has 0 unspecified atom stereocenters. The molecule has 3 aromatic heterocycles. The average Bonchev–Trinajstić information content (AvgIpc) is 3.44. The Labute approximate surface area is 211 Å². The first kappa shape index (κ1) is 20.5. The Kier molecular flexibility index (Phi) is 4.60. The summed E-state index contributed by atoms with van der Waals surface area (Å²) in [5, 5.41) is 1.93. The molecule has 7 rings (SSSR count). The molecule has 0 amide bonds. The van der Waals surface area contributed by atoms with Crippen LogP contribution >= 0.6 is 0 Å². The quantitative estimate of drug-likeness (QED) is 0.157. The average molecular weight is 567 g/mol. The van der Waals surface area contributed by atoms with Crippen LogP contribution in [0.3, 0.4) is 0 Å². The van der Waals surface area contributed by atoms with Gasteiger partial charge in [0.2, 0.25) is 0 Å². The molecule has 0 radical (unpaired) electrons. The summed E-state index contributed by atoms with van der Waals surface area (Å²) >= 11 is -0.868. The molecule has 1 aliphatic carbocycles. The van der Waals surface area contributed by atoms with Crippen LogP contribution in [0.4, 0.5) is 15.3 Å². The van der Waals surface area contributed by atoms with Crippen LogP contribution in [0.2, 0.25) is 0 Å². The number of aromatic nitrogens is 2. The van der Waals surface area contributed by atoms with E-state index in [2.05, 4.69) is 33.1 Å². The third-order valence-corrected chi connectivity index (χ3v) is 9.43. The van der Waals surface area contributed by atoms with Gasteiger partial charge < -0.3 is 0 Å². The Morgan fingerprint density at radius 2 is 1.34 bits per heavy atom.